The van der Waals surface area contributed by atoms with Crippen LogP contribution in [-0.2, 0) is 11.2 Å². The second-order valence-electron chi connectivity index (χ2n) is 4.85. The van der Waals surface area contributed by atoms with Crippen molar-refractivity contribution in [3.63, 3.8) is 0 Å². The molecule has 1 heterocycles. The highest BCUT2D eigenvalue weighted by molar-refractivity contribution is 7.09. The minimum Gasteiger partial charge on any atom is -0.350 e. The highest BCUT2D eigenvalue weighted by atomic mass is 32.1. The molecule has 0 aromatic carbocycles. The molecule has 4 heteroatoms. The van der Waals surface area contributed by atoms with E-state index >= 15 is 0 Å². The van der Waals surface area contributed by atoms with E-state index < -0.39 is 0 Å². The fourth-order valence-corrected chi connectivity index (χ4v) is 2.91. The van der Waals surface area contributed by atoms with Crippen LogP contribution in [0.25, 0.3) is 0 Å². The molecule has 1 aliphatic rings. The summed E-state index contributed by atoms with van der Waals surface area (Å²) in [5, 5.41) is 6.04. The quantitative estimate of drug-likeness (QED) is 0.849. The molecular weight excluding hydrogens is 244 g/mol. The van der Waals surface area contributed by atoms with E-state index in [0.717, 1.165) is 23.5 Å². The first-order chi connectivity index (χ1) is 8.65. The molecule has 1 amide bonds. The Labute approximate surface area is 112 Å². The Morgan fingerprint density at radius 2 is 2.39 bits per heavy atom. The van der Waals surface area contributed by atoms with Crippen LogP contribution in [0.4, 0.5) is 0 Å². The number of thiazole rings is 1. The molecule has 0 radical (unpaired) electrons. The molecule has 3 nitrogen and oxygen atoms in total. The number of nitrogens with zero attached hydrogens (tertiary/aromatic N) is 1. The Bertz CT molecular complexity index is 450. The molecule has 0 unspecified atom stereocenters. The number of aryl methyl sites for hydroxylation is 1. The first-order valence-corrected chi connectivity index (χ1v) is 7.42. The number of hydrogen-bond acceptors (Lipinski definition) is 3. The van der Waals surface area contributed by atoms with Crippen LogP contribution in [-0.4, -0.2) is 16.9 Å². The number of rotatable bonds is 4. The largest absolute Gasteiger partial charge is 0.350 e. The van der Waals surface area contributed by atoms with E-state index in [-0.39, 0.29) is 11.9 Å². The fourth-order valence-electron chi connectivity index (χ4n) is 2.30. The van der Waals surface area contributed by atoms with E-state index in [9.17, 15) is 4.79 Å². The predicted molar refractivity (Wildman–Crippen MR) is 74.7 cm³/mol. The first-order valence-electron chi connectivity index (χ1n) is 6.54. The summed E-state index contributed by atoms with van der Waals surface area (Å²) in [6.07, 6.45) is 7.47. The van der Waals surface area contributed by atoms with Gasteiger partial charge in [-0.25, -0.2) is 4.98 Å². The molecule has 0 aliphatic heterocycles. The summed E-state index contributed by atoms with van der Waals surface area (Å²) < 4.78 is 0. The third kappa shape index (κ3) is 3.67. The van der Waals surface area contributed by atoms with Crippen LogP contribution >= 0.6 is 11.3 Å². The lowest BCUT2D eigenvalue weighted by Crippen LogP contribution is -2.35. The van der Waals surface area contributed by atoms with Crippen LogP contribution < -0.4 is 5.32 Å². The highest BCUT2D eigenvalue weighted by Gasteiger charge is 2.14. The van der Waals surface area contributed by atoms with Crippen LogP contribution in [0.2, 0.25) is 0 Å². The van der Waals surface area contributed by atoms with Crippen molar-refractivity contribution >= 4 is 17.2 Å². The van der Waals surface area contributed by atoms with Gasteiger partial charge < -0.3 is 5.32 Å². The average molecular weight is 264 g/mol. The zero-order valence-electron chi connectivity index (χ0n) is 11.0. The van der Waals surface area contributed by atoms with Crippen LogP contribution in [0.15, 0.2) is 17.0 Å². The predicted octanol–water partition coefficient (Wildman–Crippen LogP) is 3.00. The van der Waals surface area contributed by atoms with E-state index in [0.29, 0.717) is 6.42 Å². The van der Waals surface area contributed by atoms with Gasteiger partial charge in [0.15, 0.2) is 0 Å². The van der Waals surface area contributed by atoms with Gasteiger partial charge in [-0.3, -0.25) is 4.79 Å². The molecule has 1 aromatic rings. The van der Waals surface area contributed by atoms with E-state index in [1.54, 1.807) is 11.3 Å². The van der Waals surface area contributed by atoms with Crippen molar-refractivity contribution in [3.05, 3.63) is 27.7 Å². The SMILES string of the molecule is Cc1nc(CC(=O)N[C@@H](C)C2=CCCCC2)cs1. The maximum atomic E-state index is 11.9. The van der Waals surface area contributed by atoms with Crippen LogP contribution in [0, 0.1) is 6.92 Å². The smallest absolute Gasteiger partial charge is 0.226 e. The minimum absolute atomic E-state index is 0.0688. The highest BCUT2D eigenvalue weighted by Crippen LogP contribution is 2.20. The molecule has 1 atom stereocenters. The van der Waals surface area contributed by atoms with Gasteiger partial charge in [0.1, 0.15) is 0 Å². The molecule has 0 bridgehead atoms. The van der Waals surface area contributed by atoms with Crippen LogP contribution in [0.3, 0.4) is 0 Å². The van der Waals surface area contributed by atoms with Gasteiger partial charge in [-0.1, -0.05) is 11.6 Å². The molecule has 2 rings (SSSR count). The minimum atomic E-state index is 0.0688. The van der Waals surface area contributed by atoms with Crippen molar-refractivity contribution < 1.29 is 4.79 Å². The Hall–Kier alpha value is -1.16. The zero-order chi connectivity index (χ0) is 13.0. The topological polar surface area (TPSA) is 42.0 Å². The van der Waals surface area contributed by atoms with Crippen molar-refractivity contribution in [2.75, 3.05) is 0 Å². The number of nitrogens with one attached hydrogen (secondary N) is 1. The normalized spacial score (nSPS) is 17.1. The number of hydrogen-bond donors (Lipinski definition) is 1. The summed E-state index contributed by atoms with van der Waals surface area (Å²) in [5.41, 5.74) is 2.25. The lowest BCUT2D eigenvalue weighted by molar-refractivity contribution is -0.120. The molecule has 1 N–H and O–H groups in total. The standard InChI is InChI=1S/C14H20N2OS/c1-10(12-6-4-3-5-7-12)15-14(17)8-13-9-18-11(2)16-13/h6,9-10H,3-5,7-8H2,1-2H3,(H,15,17)/t10-/m0/s1. The molecule has 0 saturated heterocycles. The van der Waals surface area contributed by atoms with Gasteiger partial charge in [-0.2, -0.15) is 0 Å². The molecule has 98 valence electrons. The van der Waals surface area contributed by atoms with E-state index in [4.69, 9.17) is 0 Å². The molecule has 18 heavy (non-hydrogen) atoms. The second-order valence-corrected chi connectivity index (χ2v) is 5.91. The summed E-state index contributed by atoms with van der Waals surface area (Å²) in [5.74, 6) is 0.0688. The van der Waals surface area contributed by atoms with E-state index in [2.05, 4.69) is 23.3 Å². The van der Waals surface area contributed by atoms with Crippen molar-refractivity contribution in [3.8, 4) is 0 Å². The Morgan fingerprint density at radius 1 is 1.56 bits per heavy atom. The fraction of sp³-hybridized carbons (Fsp3) is 0.571. The zero-order valence-corrected chi connectivity index (χ0v) is 11.8. The van der Waals surface area contributed by atoms with Crippen molar-refractivity contribution in [1.29, 1.82) is 0 Å². The molecule has 1 aliphatic carbocycles. The molecular formula is C14H20N2OS. The lowest BCUT2D eigenvalue weighted by Gasteiger charge is -2.20. The summed E-state index contributed by atoms with van der Waals surface area (Å²) in [4.78, 5) is 16.2. The first kappa shape index (κ1) is 13.3. The van der Waals surface area contributed by atoms with Gasteiger partial charge in [0.05, 0.1) is 17.1 Å². The molecule has 1 aromatic heterocycles. The van der Waals surface area contributed by atoms with Crippen molar-refractivity contribution in [2.24, 2.45) is 0 Å². The maximum absolute atomic E-state index is 11.9. The second kappa shape index (κ2) is 6.14. The van der Waals surface area contributed by atoms with Crippen molar-refractivity contribution in [1.82, 2.24) is 10.3 Å². The number of aromatic nitrogens is 1. The molecule has 0 fully saturated rings. The Balaban J connectivity index is 1.85. The van der Waals surface area contributed by atoms with Crippen LogP contribution in [0.5, 0.6) is 0 Å². The number of allylic oxidation sites excluding steroid dienone is 1. The lowest BCUT2D eigenvalue weighted by atomic mass is 9.94. The number of carbonyl (C=O) groups excluding carboxylic acids is 1. The maximum Gasteiger partial charge on any atom is 0.226 e. The molecule has 0 spiro atoms. The Morgan fingerprint density at radius 3 is 3.00 bits per heavy atom. The monoisotopic (exact) mass is 264 g/mol. The number of carbonyl (C=O) groups is 1. The summed E-state index contributed by atoms with van der Waals surface area (Å²) in [6.45, 7) is 4.03. The van der Waals surface area contributed by atoms with Gasteiger partial charge in [-0.05, 0) is 39.5 Å². The van der Waals surface area contributed by atoms with Crippen LogP contribution in [0.1, 0.15) is 43.3 Å². The average Bonchev–Trinajstić information content (AvgIpc) is 2.75. The van der Waals surface area contributed by atoms with E-state index in [1.807, 2.05) is 12.3 Å². The third-order valence-electron chi connectivity index (χ3n) is 3.27. The summed E-state index contributed by atoms with van der Waals surface area (Å²) in [7, 11) is 0. The summed E-state index contributed by atoms with van der Waals surface area (Å²) >= 11 is 1.59. The third-order valence-corrected chi connectivity index (χ3v) is 4.09. The van der Waals surface area contributed by atoms with Gasteiger partial charge >= 0.3 is 0 Å². The van der Waals surface area contributed by atoms with Gasteiger partial charge in [0.2, 0.25) is 5.91 Å². The Kier molecular flexibility index (Phi) is 4.53. The van der Waals surface area contributed by atoms with Crippen molar-refractivity contribution in [2.45, 2.75) is 52.0 Å². The van der Waals surface area contributed by atoms with Gasteiger partial charge in [0, 0.05) is 11.4 Å². The summed E-state index contributed by atoms with van der Waals surface area (Å²) in [6, 6.07) is 0.164. The van der Waals surface area contributed by atoms with E-state index in [1.165, 1.54) is 18.4 Å². The van der Waals surface area contributed by atoms with Gasteiger partial charge in [-0.15, -0.1) is 11.3 Å². The van der Waals surface area contributed by atoms with Gasteiger partial charge in [0.25, 0.3) is 0 Å². The molecule has 0 saturated carbocycles. The number of amides is 1.